The molecule has 106 valence electrons. The maximum absolute atomic E-state index is 12.0. The van der Waals surface area contributed by atoms with Crippen LogP contribution in [0.2, 0.25) is 0 Å². The van der Waals surface area contributed by atoms with Gasteiger partial charge in [0.1, 0.15) is 0 Å². The number of hydrogen-bond acceptors (Lipinski definition) is 4. The predicted molar refractivity (Wildman–Crippen MR) is 79.4 cm³/mol. The Hall–Kier alpha value is -0.890. The fraction of sp³-hybridized carbons (Fsp3) is 0.333. The monoisotopic (exact) mass is 348 g/mol. The maximum atomic E-state index is 12.0. The quantitative estimate of drug-likeness (QED) is 0.448. The molecule has 0 heterocycles. The third-order valence-electron chi connectivity index (χ3n) is 2.13. The molecule has 3 N–H and O–H groups in total. The minimum absolute atomic E-state index is 0.118. The van der Waals surface area contributed by atoms with Gasteiger partial charge in [-0.1, -0.05) is 12.2 Å². The van der Waals surface area contributed by atoms with E-state index < -0.39 is 10.0 Å². The fourth-order valence-electron chi connectivity index (χ4n) is 1.30. The van der Waals surface area contributed by atoms with E-state index in [9.17, 15) is 8.42 Å². The molecule has 0 saturated heterocycles. The molecule has 1 rings (SSSR count). The second kappa shape index (κ2) is 7.04. The van der Waals surface area contributed by atoms with Crippen molar-refractivity contribution in [3.63, 3.8) is 0 Å². The Bertz CT molecular complexity index is 558. The molecule has 0 aliphatic heterocycles. The lowest BCUT2D eigenvalue weighted by atomic mass is 10.3. The van der Waals surface area contributed by atoms with E-state index in [-0.39, 0.29) is 18.0 Å². The zero-order chi connectivity index (χ0) is 14.5. The van der Waals surface area contributed by atoms with Crippen molar-refractivity contribution in [2.24, 2.45) is 0 Å². The maximum Gasteiger partial charge on any atom is 0.241 e. The van der Waals surface area contributed by atoms with Crippen LogP contribution < -0.4 is 10.5 Å². The van der Waals surface area contributed by atoms with Crippen LogP contribution >= 0.6 is 15.9 Å². The van der Waals surface area contributed by atoms with Crippen molar-refractivity contribution in [3.05, 3.63) is 34.8 Å². The lowest BCUT2D eigenvalue weighted by Gasteiger charge is -2.09. The summed E-state index contributed by atoms with van der Waals surface area (Å²) in [4.78, 5) is 0.118. The van der Waals surface area contributed by atoms with Crippen LogP contribution in [-0.4, -0.2) is 28.2 Å². The molecule has 0 unspecified atom stereocenters. The van der Waals surface area contributed by atoms with Crippen LogP contribution in [0.15, 0.2) is 39.7 Å². The highest BCUT2D eigenvalue weighted by Gasteiger charge is 2.17. The van der Waals surface area contributed by atoms with Gasteiger partial charge in [0.15, 0.2) is 0 Å². The SMILES string of the molecule is C=C(C)COCCNS(=O)(=O)c1cc(N)ccc1Br. The van der Waals surface area contributed by atoms with Crippen LogP contribution in [0.3, 0.4) is 0 Å². The van der Waals surface area contributed by atoms with Crippen molar-refractivity contribution in [2.45, 2.75) is 11.8 Å². The molecule has 0 saturated carbocycles. The van der Waals surface area contributed by atoms with Crippen LogP contribution in [0.4, 0.5) is 5.69 Å². The summed E-state index contributed by atoms with van der Waals surface area (Å²) in [6.45, 7) is 6.42. The molecule has 0 aliphatic rings. The van der Waals surface area contributed by atoms with E-state index >= 15 is 0 Å². The smallest absolute Gasteiger partial charge is 0.241 e. The predicted octanol–water partition coefficient (Wildman–Crippen LogP) is 1.90. The first-order valence-corrected chi connectivity index (χ1v) is 7.87. The average Bonchev–Trinajstić information content (AvgIpc) is 2.31. The van der Waals surface area contributed by atoms with Crippen molar-refractivity contribution in [1.82, 2.24) is 4.72 Å². The first kappa shape index (κ1) is 16.2. The average molecular weight is 349 g/mol. The van der Waals surface area contributed by atoms with Crippen LogP contribution in [0.5, 0.6) is 0 Å². The zero-order valence-electron chi connectivity index (χ0n) is 10.6. The van der Waals surface area contributed by atoms with Crippen LogP contribution in [-0.2, 0) is 14.8 Å². The van der Waals surface area contributed by atoms with E-state index in [1.54, 1.807) is 12.1 Å². The molecule has 0 fully saturated rings. The number of ether oxygens (including phenoxy) is 1. The topological polar surface area (TPSA) is 81.4 Å². The number of hydrogen-bond donors (Lipinski definition) is 2. The largest absolute Gasteiger partial charge is 0.399 e. The van der Waals surface area contributed by atoms with Crippen molar-refractivity contribution >= 4 is 31.6 Å². The Morgan fingerprint density at radius 2 is 2.21 bits per heavy atom. The van der Waals surface area contributed by atoms with Gasteiger partial charge in [0.2, 0.25) is 10.0 Å². The summed E-state index contributed by atoms with van der Waals surface area (Å²) < 4.78 is 32.2. The molecule has 7 heteroatoms. The standard InChI is InChI=1S/C12H17BrN2O3S/c1-9(2)8-18-6-5-15-19(16,17)12-7-10(14)3-4-11(12)13/h3-4,7,15H,1,5-6,8,14H2,2H3. The molecular formula is C12H17BrN2O3S. The van der Waals surface area contributed by atoms with Crippen LogP contribution in [0.25, 0.3) is 0 Å². The van der Waals surface area contributed by atoms with E-state index in [0.717, 1.165) is 5.57 Å². The summed E-state index contributed by atoms with van der Waals surface area (Å²) in [5.74, 6) is 0. The Balaban J connectivity index is 2.61. The van der Waals surface area contributed by atoms with Crippen molar-refractivity contribution in [2.75, 3.05) is 25.5 Å². The third-order valence-corrected chi connectivity index (χ3v) is 4.59. The van der Waals surface area contributed by atoms with Gasteiger partial charge in [0.25, 0.3) is 0 Å². The van der Waals surface area contributed by atoms with E-state index in [0.29, 0.717) is 16.8 Å². The second-order valence-corrected chi connectivity index (χ2v) is 6.69. The summed E-state index contributed by atoms with van der Waals surface area (Å²) in [6, 6.07) is 4.63. The molecule has 0 spiro atoms. The fourth-order valence-corrected chi connectivity index (χ4v) is 3.31. The minimum atomic E-state index is -3.59. The summed E-state index contributed by atoms with van der Waals surface area (Å²) in [5, 5.41) is 0. The van der Waals surface area contributed by atoms with Gasteiger partial charge < -0.3 is 10.5 Å². The van der Waals surface area contributed by atoms with Crippen molar-refractivity contribution < 1.29 is 13.2 Å². The molecule has 1 aromatic carbocycles. The second-order valence-electron chi connectivity index (χ2n) is 4.10. The number of anilines is 1. The molecule has 0 amide bonds. The van der Waals surface area contributed by atoms with Gasteiger partial charge >= 0.3 is 0 Å². The number of nitrogens with one attached hydrogen (secondary N) is 1. The Morgan fingerprint density at radius 1 is 1.53 bits per heavy atom. The molecule has 0 aliphatic carbocycles. The number of nitrogens with two attached hydrogens (primary N) is 1. The Morgan fingerprint density at radius 3 is 2.84 bits per heavy atom. The summed E-state index contributed by atoms with van der Waals surface area (Å²) in [7, 11) is -3.59. The number of nitrogen functional groups attached to an aromatic ring is 1. The summed E-state index contributed by atoms with van der Waals surface area (Å²) in [5.41, 5.74) is 6.87. The Kier molecular flexibility index (Phi) is 5.99. The molecule has 1 aromatic rings. The number of sulfonamides is 1. The van der Waals surface area contributed by atoms with Crippen molar-refractivity contribution in [3.8, 4) is 0 Å². The number of halogens is 1. The number of rotatable bonds is 7. The van der Waals surface area contributed by atoms with Gasteiger partial charge in [-0.3, -0.25) is 0 Å². The Labute approximate surface area is 122 Å². The molecule has 0 atom stereocenters. The minimum Gasteiger partial charge on any atom is -0.399 e. The van der Waals surface area contributed by atoms with Gasteiger partial charge in [-0.05, 0) is 41.1 Å². The van der Waals surface area contributed by atoms with Gasteiger partial charge in [0.05, 0.1) is 18.1 Å². The highest BCUT2D eigenvalue weighted by molar-refractivity contribution is 9.10. The van der Waals surface area contributed by atoms with Gasteiger partial charge in [-0.25, -0.2) is 13.1 Å². The van der Waals surface area contributed by atoms with Gasteiger partial charge in [0, 0.05) is 16.7 Å². The first-order valence-electron chi connectivity index (χ1n) is 5.60. The van der Waals surface area contributed by atoms with E-state index in [1.165, 1.54) is 6.07 Å². The van der Waals surface area contributed by atoms with Gasteiger partial charge in [-0.2, -0.15) is 0 Å². The lowest BCUT2D eigenvalue weighted by Crippen LogP contribution is -2.28. The van der Waals surface area contributed by atoms with Crippen LogP contribution in [0, 0.1) is 0 Å². The summed E-state index contributed by atoms with van der Waals surface area (Å²) >= 11 is 3.19. The normalized spacial score (nSPS) is 11.5. The van der Waals surface area contributed by atoms with Crippen molar-refractivity contribution in [1.29, 1.82) is 0 Å². The summed E-state index contributed by atoms with van der Waals surface area (Å²) in [6.07, 6.45) is 0. The molecule has 5 nitrogen and oxygen atoms in total. The molecular weight excluding hydrogens is 332 g/mol. The lowest BCUT2D eigenvalue weighted by molar-refractivity contribution is 0.162. The molecule has 0 radical (unpaired) electrons. The highest BCUT2D eigenvalue weighted by atomic mass is 79.9. The first-order chi connectivity index (χ1) is 8.83. The van der Waals surface area contributed by atoms with Crippen LogP contribution in [0.1, 0.15) is 6.92 Å². The van der Waals surface area contributed by atoms with E-state index in [2.05, 4.69) is 27.2 Å². The van der Waals surface area contributed by atoms with E-state index in [1.807, 2.05) is 6.92 Å². The molecule has 0 bridgehead atoms. The van der Waals surface area contributed by atoms with E-state index in [4.69, 9.17) is 10.5 Å². The molecule has 0 aromatic heterocycles. The third kappa shape index (κ3) is 5.32. The zero-order valence-corrected chi connectivity index (χ0v) is 13.1. The van der Waals surface area contributed by atoms with Gasteiger partial charge in [-0.15, -0.1) is 0 Å². The molecule has 19 heavy (non-hydrogen) atoms. The number of benzene rings is 1. The highest BCUT2D eigenvalue weighted by Crippen LogP contribution is 2.23.